The lowest BCUT2D eigenvalue weighted by Gasteiger charge is -2.12. The maximum absolute atomic E-state index is 13.4. The monoisotopic (exact) mass is 263 g/mol. The van der Waals surface area contributed by atoms with Gasteiger partial charge >= 0.3 is 12.6 Å². The van der Waals surface area contributed by atoms with E-state index in [1.165, 1.54) is 6.07 Å². The van der Waals surface area contributed by atoms with Gasteiger partial charge in [0.05, 0.1) is 13.0 Å². The van der Waals surface area contributed by atoms with Crippen LogP contribution in [0.25, 0.3) is 0 Å². The molecule has 0 aliphatic carbocycles. The Morgan fingerprint density at radius 2 is 2.11 bits per heavy atom. The van der Waals surface area contributed by atoms with Gasteiger partial charge in [0, 0.05) is 17.3 Å². The van der Waals surface area contributed by atoms with Crippen LogP contribution in [0, 0.1) is 5.82 Å². The molecule has 0 aliphatic heterocycles. The van der Waals surface area contributed by atoms with Gasteiger partial charge in [0.25, 0.3) is 0 Å². The second-order valence-corrected chi connectivity index (χ2v) is 3.35. The maximum atomic E-state index is 13.4. The van der Waals surface area contributed by atoms with Crippen molar-refractivity contribution in [2.24, 2.45) is 0 Å². The van der Waals surface area contributed by atoms with Crippen molar-refractivity contribution in [3.05, 3.63) is 23.5 Å². The van der Waals surface area contributed by atoms with Crippen molar-refractivity contribution in [1.82, 2.24) is 0 Å². The number of rotatable bonds is 5. The van der Waals surface area contributed by atoms with E-state index in [1.807, 2.05) is 0 Å². The van der Waals surface area contributed by atoms with Gasteiger partial charge in [0.15, 0.2) is 11.6 Å². The summed E-state index contributed by atoms with van der Waals surface area (Å²) in [6.45, 7) is -1.47. The molecule has 0 bridgehead atoms. The van der Waals surface area contributed by atoms with Crippen molar-refractivity contribution in [3.63, 3.8) is 0 Å². The first-order valence-electron chi connectivity index (χ1n) is 5.12. The van der Waals surface area contributed by atoms with E-state index in [1.54, 1.807) is 6.92 Å². The molecule has 1 aromatic rings. The van der Waals surface area contributed by atoms with Crippen LogP contribution in [0.2, 0.25) is 0 Å². The number of esters is 1. The van der Waals surface area contributed by atoms with E-state index in [2.05, 4.69) is 9.47 Å². The number of halogens is 3. The molecule has 0 aromatic heterocycles. The smallest absolute Gasteiger partial charge is 0.387 e. The molecular formula is C11H12F3NO3. The normalized spacial score (nSPS) is 10.5. The molecule has 0 amide bonds. The van der Waals surface area contributed by atoms with E-state index < -0.39 is 30.6 Å². The summed E-state index contributed by atoms with van der Waals surface area (Å²) in [4.78, 5) is 11.2. The number of carbonyl (C=O) groups is 1. The van der Waals surface area contributed by atoms with Crippen molar-refractivity contribution in [3.8, 4) is 5.75 Å². The largest absolute Gasteiger partial charge is 0.466 e. The first-order valence-corrected chi connectivity index (χ1v) is 5.12. The number of alkyl halides is 2. The summed E-state index contributed by atoms with van der Waals surface area (Å²) in [5, 5.41) is 0. The van der Waals surface area contributed by atoms with Crippen LogP contribution in [0.1, 0.15) is 12.5 Å². The van der Waals surface area contributed by atoms with E-state index in [4.69, 9.17) is 5.73 Å². The lowest BCUT2D eigenvalue weighted by atomic mass is 10.1. The van der Waals surface area contributed by atoms with Crippen LogP contribution in [0.4, 0.5) is 18.9 Å². The predicted molar refractivity (Wildman–Crippen MR) is 57.8 cm³/mol. The Kier molecular flexibility index (Phi) is 4.82. The quantitative estimate of drug-likeness (QED) is 0.653. The molecule has 1 rings (SSSR count). The number of anilines is 1. The lowest BCUT2D eigenvalue weighted by Crippen LogP contribution is -2.12. The molecule has 0 unspecified atom stereocenters. The predicted octanol–water partition coefficient (Wildman–Crippen LogP) is 2.11. The maximum Gasteiger partial charge on any atom is 0.387 e. The third-order valence-corrected chi connectivity index (χ3v) is 1.99. The highest BCUT2D eigenvalue weighted by Gasteiger charge is 2.18. The molecule has 0 saturated carbocycles. The third-order valence-electron chi connectivity index (χ3n) is 1.99. The van der Waals surface area contributed by atoms with E-state index in [0.717, 1.165) is 6.07 Å². The van der Waals surface area contributed by atoms with Crippen LogP contribution in [-0.2, 0) is 16.0 Å². The summed E-state index contributed by atoms with van der Waals surface area (Å²) in [6.07, 6.45) is -0.391. The van der Waals surface area contributed by atoms with Crippen LogP contribution in [0.3, 0.4) is 0 Å². The number of benzene rings is 1. The first kappa shape index (κ1) is 14.1. The number of nitrogens with two attached hydrogens (primary N) is 1. The van der Waals surface area contributed by atoms with E-state index in [0.29, 0.717) is 0 Å². The van der Waals surface area contributed by atoms with Gasteiger partial charge in [-0.1, -0.05) is 0 Å². The molecule has 1 aromatic carbocycles. The van der Waals surface area contributed by atoms with Crippen molar-refractivity contribution in [1.29, 1.82) is 0 Å². The third kappa shape index (κ3) is 3.83. The molecule has 0 fully saturated rings. The molecule has 100 valence electrons. The minimum Gasteiger partial charge on any atom is -0.466 e. The van der Waals surface area contributed by atoms with Crippen molar-refractivity contribution in [2.45, 2.75) is 20.0 Å². The SMILES string of the molecule is CCOC(=O)Cc1cc(N)cc(F)c1OC(F)F. The Hall–Kier alpha value is -1.92. The molecule has 0 saturated heterocycles. The zero-order chi connectivity index (χ0) is 13.7. The Bertz CT molecular complexity index is 438. The summed E-state index contributed by atoms with van der Waals surface area (Å²) in [6, 6.07) is 2.03. The zero-order valence-corrected chi connectivity index (χ0v) is 9.58. The Labute approximate surface area is 101 Å². The zero-order valence-electron chi connectivity index (χ0n) is 9.58. The van der Waals surface area contributed by atoms with Crippen LogP contribution in [0.15, 0.2) is 12.1 Å². The highest BCUT2D eigenvalue weighted by molar-refractivity contribution is 5.74. The molecule has 7 heteroatoms. The van der Waals surface area contributed by atoms with Gasteiger partial charge in [-0.15, -0.1) is 0 Å². The van der Waals surface area contributed by atoms with Crippen molar-refractivity contribution in [2.75, 3.05) is 12.3 Å². The average molecular weight is 263 g/mol. The Balaban J connectivity index is 3.03. The number of nitrogen functional groups attached to an aromatic ring is 1. The van der Waals surface area contributed by atoms with Crippen LogP contribution >= 0.6 is 0 Å². The molecule has 4 nitrogen and oxygen atoms in total. The molecule has 0 radical (unpaired) electrons. The van der Waals surface area contributed by atoms with Gasteiger partial charge in [-0.3, -0.25) is 4.79 Å². The standard InChI is InChI=1S/C11H12F3NO3/c1-2-17-9(16)4-6-3-7(15)5-8(12)10(6)18-11(13)14/h3,5,11H,2,4,15H2,1H3. The number of carbonyl (C=O) groups excluding carboxylic acids is 1. The molecule has 0 aliphatic rings. The van der Waals surface area contributed by atoms with Crippen LogP contribution < -0.4 is 10.5 Å². The highest BCUT2D eigenvalue weighted by Crippen LogP contribution is 2.28. The highest BCUT2D eigenvalue weighted by atomic mass is 19.3. The summed E-state index contributed by atoms with van der Waals surface area (Å²) < 4.78 is 46.4. The number of hydrogen-bond acceptors (Lipinski definition) is 4. The fourth-order valence-corrected chi connectivity index (χ4v) is 1.39. The summed E-state index contributed by atoms with van der Waals surface area (Å²) >= 11 is 0. The van der Waals surface area contributed by atoms with E-state index >= 15 is 0 Å². The van der Waals surface area contributed by atoms with Crippen LogP contribution in [0.5, 0.6) is 5.75 Å². The average Bonchev–Trinajstić information content (AvgIpc) is 2.23. The summed E-state index contributed by atoms with van der Waals surface area (Å²) in [5.41, 5.74) is 5.30. The van der Waals surface area contributed by atoms with Gasteiger partial charge < -0.3 is 15.2 Å². The van der Waals surface area contributed by atoms with Gasteiger partial charge in [-0.25, -0.2) is 4.39 Å². The van der Waals surface area contributed by atoms with Gasteiger partial charge in [0.2, 0.25) is 0 Å². The molecule has 18 heavy (non-hydrogen) atoms. The Morgan fingerprint density at radius 3 is 2.67 bits per heavy atom. The fraction of sp³-hybridized carbons (Fsp3) is 0.364. The number of hydrogen-bond donors (Lipinski definition) is 1. The molecule has 0 heterocycles. The molecule has 2 N–H and O–H groups in total. The molecular weight excluding hydrogens is 251 g/mol. The number of ether oxygens (including phenoxy) is 2. The first-order chi connectivity index (χ1) is 8.43. The topological polar surface area (TPSA) is 61.5 Å². The van der Waals surface area contributed by atoms with Crippen LogP contribution in [-0.4, -0.2) is 19.2 Å². The van der Waals surface area contributed by atoms with Crippen molar-refractivity contribution >= 4 is 11.7 Å². The summed E-state index contributed by atoms with van der Waals surface area (Å²) in [5.74, 6) is -2.41. The Morgan fingerprint density at radius 1 is 1.44 bits per heavy atom. The minimum absolute atomic E-state index is 0.00779. The second-order valence-electron chi connectivity index (χ2n) is 3.35. The summed E-state index contributed by atoms with van der Waals surface area (Å²) in [7, 11) is 0. The van der Waals surface area contributed by atoms with Gasteiger partial charge in [-0.05, 0) is 13.0 Å². The lowest BCUT2D eigenvalue weighted by molar-refractivity contribution is -0.142. The minimum atomic E-state index is -3.19. The molecule has 0 spiro atoms. The van der Waals surface area contributed by atoms with E-state index in [-0.39, 0.29) is 17.9 Å². The molecule has 0 atom stereocenters. The van der Waals surface area contributed by atoms with E-state index in [9.17, 15) is 18.0 Å². The van der Waals surface area contributed by atoms with Crippen molar-refractivity contribution < 1.29 is 27.4 Å². The van der Waals surface area contributed by atoms with Gasteiger partial charge in [-0.2, -0.15) is 8.78 Å². The second kappa shape index (κ2) is 6.13. The fourth-order valence-electron chi connectivity index (χ4n) is 1.39. The van der Waals surface area contributed by atoms with Gasteiger partial charge in [0.1, 0.15) is 0 Å².